The van der Waals surface area contributed by atoms with E-state index in [9.17, 15) is 9.90 Å². The van der Waals surface area contributed by atoms with Crippen LogP contribution in [-0.2, 0) is 6.42 Å². The van der Waals surface area contributed by atoms with Crippen molar-refractivity contribution in [1.82, 2.24) is 20.3 Å². The van der Waals surface area contributed by atoms with E-state index >= 15 is 0 Å². The Morgan fingerprint density at radius 1 is 1.26 bits per heavy atom. The smallest absolute Gasteiger partial charge is 0.263 e. The van der Waals surface area contributed by atoms with E-state index in [4.69, 9.17) is 5.73 Å². The van der Waals surface area contributed by atoms with E-state index in [1.807, 2.05) is 12.1 Å². The highest BCUT2D eigenvalue weighted by molar-refractivity contribution is 7.16. The molecule has 0 aliphatic heterocycles. The summed E-state index contributed by atoms with van der Waals surface area (Å²) >= 11 is 1.26. The number of phenolic OH excluding ortho intramolecular Hbond substituents is 1. The molecule has 0 fully saturated rings. The fraction of sp³-hybridized carbons (Fsp3) is 0.222. The molecule has 9 heteroatoms. The van der Waals surface area contributed by atoms with Crippen molar-refractivity contribution in [1.29, 1.82) is 0 Å². The first-order valence-corrected chi connectivity index (χ1v) is 9.16. The van der Waals surface area contributed by atoms with Gasteiger partial charge in [0.2, 0.25) is 5.95 Å². The van der Waals surface area contributed by atoms with Crippen molar-refractivity contribution < 1.29 is 9.90 Å². The second kappa shape index (κ2) is 8.56. The van der Waals surface area contributed by atoms with E-state index in [2.05, 4.69) is 25.6 Å². The molecule has 5 N–H and O–H groups in total. The Kier molecular flexibility index (Phi) is 5.94. The number of anilines is 1. The first-order valence-electron chi connectivity index (χ1n) is 8.35. The van der Waals surface area contributed by atoms with Gasteiger partial charge in [0.25, 0.3) is 5.91 Å². The Morgan fingerprint density at radius 3 is 2.74 bits per heavy atom. The predicted octanol–water partition coefficient (Wildman–Crippen LogP) is 1.65. The third kappa shape index (κ3) is 4.78. The molecule has 0 saturated heterocycles. The Bertz CT molecular complexity index is 912. The van der Waals surface area contributed by atoms with Crippen LogP contribution >= 0.6 is 11.3 Å². The highest BCUT2D eigenvalue weighted by Crippen LogP contribution is 2.24. The topological polar surface area (TPSA) is 126 Å². The highest BCUT2D eigenvalue weighted by Gasteiger charge is 2.17. The summed E-state index contributed by atoms with van der Waals surface area (Å²) in [5.74, 6) is 0.470. The zero-order valence-corrected chi connectivity index (χ0v) is 15.5. The van der Waals surface area contributed by atoms with Gasteiger partial charge in [0.1, 0.15) is 21.3 Å². The number of nitrogens with two attached hydrogens (primary N) is 1. The fourth-order valence-corrected chi connectivity index (χ4v) is 3.25. The fourth-order valence-electron chi connectivity index (χ4n) is 2.46. The maximum atomic E-state index is 12.5. The molecule has 8 nitrogen and oxygen atoms in total. The Hall–Kier alpha value is -3.04. The second-order valence-electron chi connectivity index (χ2n) is 5.82. The number of aromatic hydroxyl groups is 1. The van der Waals surface area contributed by atoms with Crippen LogP contribution in [0.25, 0.3) is 10.7 Å². The normalized spacial score (nSPS) is 11.8. The van der Waals surface area contributed by atoms with E-state index in [1.54, 1.807) is 31.4 Å². The lowest BCUT2D eigenvalue weighted by Gasteiger charge is -2.16. The van der Waals surface area contributed by atoms with Gasteiger partial charge < -0.3 is 21.5 Å². The van der Waals surface area contributed by atoms with Crippen molar-refractivity contribution in [2.45, 2.75) is 12.5 Å². The van der Waals surface area contributed by atoms with E-state index < -0.39 is 0 Å². The summed E-state index contributed by atoms with van der Waals surface area (Å²) in [5, 5.41) is 15.8. The van der Waals surface area contributed by atoms with Gasteiger partial charge in [0, 0.05) is 25.8 Å². The number of rotatable bonds is 7. The third-order valence-corrected chi connectivity index (χ3v) is 4.88. The van der Waals surface area contributed by atoms with Crippen molar-refractivity contribution in [2.24, 2.45) is 5.73 Å². The lowest BCUT2D eigenvalue weighted by Crippen LogP contribution is -2.41. The molecule has 0 saturated carbocycles. The number of nitrogens with zero attached hydrogens (tertiary/aromatic N) is 3. The molecule has 0 aliphatic carbocycles. The number of phenols is 1. The molecular weight excluding hydrogens is 364 g/mol. The lowest BCUT2D eigenvalue weighted by molar-refractivity contribution is 0.0942. The van der Waals surface area contributed by atoms with Crippen molar-refractivity contribution >= 4 is 23.2 Å². The number of benzene rings is 1. The molecule has 27 heavy (non-hydrogen) atoms. The van der Waals surface area contributed by atoms with E-state index in [-0.39, 0.29) is 17.7 Å². The molecule has 2 aromatic heterocycles. The summed E-state index contributed by atoms with van der Waals surface area (Å²) in [4.78, 5) is 25.7. The summed E-state index contributed by atoms with van der Waals surface area (Å²) in [5.41, 5.74) is 7.44. The van der Waals surface area contributed by atoms with Crippen LogP contribution in [0.3, 0.4) is 0 Å². The van der Waals surface area contributed by atoms with Crippen LogP contribution < -0.4 is 16.4 Å². The van der Waals surface area contributed by atoms with Gasteiger partial charge in [0.05, 0.1) is 6.20 Å². The largest absolute Gasteiger partial charge is 0.508 e. The van der Waals surface area contributed by atoms with Gasteiger partial charge in [-0.05, 0) is 30.2 Å². The highest BCUT2D eigenvalue weighted by atomic mass is 32.1. The second-order valence-corrected chi connectivity index (χ2v) is 6.85. The summed E-state index contributed by atoms with van der Waals surface area (Å²) in [6, 6.07) is 8.37. The number of carbonyl (C=O) groups is 1. The Labute approximate surface area is 160 Å². The molecular formula is C18H20N6O2S. The molecule has 1 amide bonds. The summed E-state index contributed by atoms with van der Waals surface area (Å²) in [7, 11) is 1.74. The van der Waals surface area contributed by atoms with Gasteiger partial charge in [-0.3, -0.25) is 4.79 Å². The van der Waals surface area contributed by atoms with Gasteiger partial charge in [-0.25, -0.2) is 15.0 Å². The number of hydrogen-bond donors (Lipinski definition) is 4. The summed E-state index contributed by atoms with van der Waals surface area (Å²) in [6.07, 6.45) is 3.74. The van der Waals surface area contributed by atoms with Gasteiger partial charge in [-0.15, -0.1) is 11.3 Å². The molecule has 2 heterocycles. The quantitative estimate of drug-likeness (QED) is 0.488. The summed E-state index contributed by atoms with van der Waals surface area (Å²) in [6.45, 7) is 0.301. The molecule has 140 valence electrons. The van der Waals surface area contributed by atoms with E-state index in [0.717, 1.165) is 5.56 Å². The molecule has 1 unspecified atom stereocenters. The third-order valence-electron chi connectivity index (χ3n) is 3.87. The van der Waals surface area contributed by atoms with Crippen molar-refractivity contribution in [2.75, 3.05) is 18.9 Å². The molecule has 3 rings (SSSR count). The minimum atomic E-state index is -0.226. The number of thiazole rings is 1. The predicted molar refractivity (Wildman–Crippen MR) is 105 cm³/mol. The molecule has 0 spiro atoms. The number of nitrogens with one attached hydrogen (secondary N) is 2. The number of aromatic nitrogens is 3. The number of carbonyl (C=O) groups excluding carboxylic acids is 1. The Morgan fingerprint density at radius 2 is 2.04 bits per heavy atom. The van der Waals surface area contributed by atoms with Gasteiger partial charge in [-0.1, -0.05) is 12.1 Å². The van der Waals surface area contributed by atoms with Crippen LogP contribution in [0.4, 0.5) is 5.95 Å². The molecule has 3 aromatic rings. The minimum Gasteiger partial charge on any atom is -0.508 e. The van der Waals surface area contributed by atoms with E-state index in [0.29, 0.717) is 34.5 Å². The standard InChI is InChI=1S/C18H20N6O2S/c1-20-18-21-7-6-14(24-18)17-22-10-15(27-17)16(26)23-12(9-19)8-11-2-4-13(25)5-3-11/h2-7,10,12,25H,8-9,19H2,1H3,(H,23,26)(H,20,21,24). The van der Waals surface area contributed by atoms with Crippen LogP contribution in [0.15, 0.2) is 42.7 Å². The average Bonchev–Trinajstić information content (AvgIpc) is 3.19. The van der Waals surface area contributed by atoms with E-state index in [1.165, 1.54) is 17.5 Å². The van der Waals surface area contributed by atoms with Crippen molar-refractivity contribution in [3.8, 4) is 16.5 Å². The zero-order chi connectivity index (χ0) is 19.2. The lowest BCUT2D eigenvalue weighted by atomic mass is 10.1. The molecule has 0 radical (unpaired) electrons. The van der Waals surface area contributed by atoms with Crippen LogP contribution in [-0.4, -0.2) is 45.6 Å². The molecule has 0 bridgehead atoms. The molecule has 1 atom stereocenters. The first-order chi connectivity index (χ1) is 13.1. The first kappa shape index (κ1) is 18.7. The molecule has 1 aromatic carbocycles. The maximum absolute atomic E-state index is 12.5. The number of hydrogen-bond acceptors (Lipinski definition) is 8. The van der Waals surface area contributed by atoms with Crippen LogP contribution in [0, 0.1) is 0 Å². The maximum Gasteiger partial charge on any atom is 0.263 e. The van der Waals surface area contributed by atoms with Crippen LogP contribution in [0.5, 0.6) is 5.75 Å². The van der Waals surface area contributed by atoms with Crippen molar-refractivity contribution in [3.05, 3.63) is 53.2 Å². The van der Waals surface area contributed by atoms with Crippen LogP contribution in [0.2, 0.25) is 0 Å². The minimum absolute atomic E-state index is 0.204. The SMILES string of the molecule is CNc1nccc(-c2ncc(C(=O)NC(CN)Cc3ccc(O)cc3)s2)n1. The zero-order valence-electron chi connectivity index (χ0n) is 14.7. The Balaban J connectivity index is 1.68. The number of amides is 1. The van der Waals surface area contributed by atoms with Crippen molar-refractivity contribution in [3.63, 3.8) is 0 Å². The molecule has 0 aliphatic rings. The van der Waals surface area contributed by atoms with Gasteiger partial charge in [-0.2, -0.15) is 0 Å². The summed E-state index contributed by atoms with van der Waals surface area (Å²) < 4.78 is 0. The van der Waals surface area contributed by atoms with Gasteiger partial charge in [0.15, 0.2) is 0 Å². The van der Waals surface area contributed by atoms with Gasteiger partial charge >= 0.3 is 0 Å². The monoisotopic (exact) mass is 384 g/mol. The van der Waals surface area contributed by atoms with Crippen LogP contribution in [0.1, 0.15) is 15.2 Å². The average molecular weight is 384 g/mol.